The number of anilines is 1. The third-order valence-electron chi connectivity index (χ3n) is 5.55. The molecular weight excluding hydrogens is 422 g/mol. The molecule has 2 amide bonds. The highest BCUT2D eigenvalue weighted by atomic mass is 32.2. The van der Waals surface area contributed by atoms with Crippen molar-refractivity contribution in [1.29, 1.82) is 0 Å². The SMILES string of the molecule is O=C(NCc1ccc(S(=O)(=O)N2CCCCC2)s1)[C@H]1CC(=O)N(c2ccccc2)C1. The molecule has 3 heterocycles. The number of para-hydroxylation sites is 1. The topological polar surface area (TPSA) is 86.8 Å². The summed E-state index contributed by atoms with van der Waals surface area (Å²) in [5, 5.41) is 2.86. The quantitative estimate of drug-likeness (QED) is 0.737. The second kappa shape index (κ2) is 8.87. The molecular formula is C21H25N3O4S2. The van der Waals surface area contributed by atoms with Gasteiger partial charge in [0.25, 0.3) is 10.0 Å². The zero-order valence-corrected chi connectivity index (χ0v) is 18.3. The van der Waals surface area contributed by atoms with Crippen molar-refractivity contribution in [2.24, 2.45) is 5.92 Å². The van der Waals surface area contributed by atoms with Gasteiger partial charge in [-0.05, 0) is 37.1 Å². The van der Waals surface area contributed by atoms with Crippen molar-refractivity contribution in [2.75, 3.05) is 24.5 Å². The van der Waals surface area contributed by atoms with Crippen LogP contribution in [0.5, 0.6) is 0 Å². The van der Waals surface area contributed by atoms with E-state index in [1.54, 1.807) is 21.3 Å². The first-order valence-electron chi connectivity index (χ1n) is 10.2. The van der Waals surface area contributed by atoms with Gasteiger partial charge in [-0.25, -0.2) is 8.42 Å². The maximum Gasteiger partial charge on any atom is 0.252 e. The molecule has 0 unspecified atom stereocenters. The average Bonchev–Trinajstić information content (AvgIpc) is 3.40. The van der Waals surface area contributed by atoms with Crippen LogP contribution in [0, 0.1) is 5.92 Å². The van der Waals surface area contributed by atoms with E-state index in [1.165, 1.54) is 11.3 Å². The summed E-state index contributed by atoms with van der Waals surface area (Å²) in [7, 11) is -3.45. The molecule has 1 aromatic heterocycles. The Kier molecular flexibility index (Phi) is 6.21. The highest BCUT2D eigenvalue weighted by molar-refractivity contribution is 7.91. The Morgan fingerprint density at radius 3 is 2.53 bits per heavy atom. The molecule has 30 heavy (non-hydrogen) atoms. The van der Waals surface area contributed by atoms with Gasteiger partial charge in [0.05, 0.1) is 12.5 Å². The van der Waals surface area contributed by atoms with Crippen LogP contribution in [-0.4, -0.2) is 44.2 Å². The second-order valence-electron chi connectivity index (χ2n) is 7.64. The Balaban J connectivity index is 1.34. The highest BCUT2D eigenvalue weighted by Crippen LogP contribution is 2.28. The summed E-state index contributed by atoms with van der Waals surface area (Å²) in [6, 6.07) is 12.7. The van der Waals surface area contributed by atoms with Gasteiger partial charge >= 0.3 is 0 Å². The summed E-state index contributed by atoms with van der Waals surface area (Å²) in [5.74, 6) is -0.655. The van der Waals surface area contributed by atoms with E-state index in [-0.39, 0.29) is 24.8 Å². The molecule has 1 atom stereocenters. The smallest absolute Gasteiger partial charge is 0.252 e. The van der Waals surface area contributed by atoms with Crippen molar-refractivity contribution in [2.45, 2.75) is 36.4 Å². The van der Waals surface area contributed by atoms with Gasteiger partial charge in [-0.1, -0.05) is 24.6 Å². The van der Waals surface area contributed by atoms with Crippen molar-refractivity contribution in [3.8, 4) is 0 Å². The molecule has 0 saturated carbocycles. The van der Waals surface area contributed by atoms with Crippen LogP contribution in [-0.2, 0) is 26.2 Å². The lowest BCUT2D eigenvalue weighted by Crippen LogP contribution is -2.35. The predicted molar refractivity (Wildman–Crippen MR) is 116 cm³/mol. The number of rotatable bonds is 6. The summed E-state index contributed by atoms with van der Waals surface area (Å²) < 4.78 is 27.4. The highest BCUT2D eigenvalue weighted by Gasteiger charge is 2.35. The number of thiophene rings is 1. The second-order valence-corrected chi connectivity index (χ2v) is 11.0. The molecule has 2 aliphatic rings. The zero-order valence-electron chi connectivity index (χ0n) is 16.6. The van der Waals surface area contributed by atoms with Gasteiger partial charge in [-0.2, -0.15) is 4.31 Å². The van der Waals surface area contributed by atoms with Crippen LogP contribution < -0.4 is 10.2 Å². The summed E-state index contributed by atoms with van der Waals surface area (Å²) in [6.45, 7) is 1.75. The van der Waals surface area contributed by atoms with Gasteiger partial charge in [0, 0.05) is 36.6 Å². The van der Waals surface area contributed by atoms with E-state index in [1.807, 2.05) is 30.3 Å². The van der Waals surface area contributed by atoms with E-state index in [0.717, 1.165) is 29.8 Å². The molecule has 0 aliphatic carbocycles. The Morgan fingerprint density at radius 1 is 1.07 bits per heavy atom. The number of hydrogen-bond donors (Lipinski definition) is 1. The van der Waals surface area contributed by atoms with E-state index < -0.39 is 15.9 Å². The Labute approximate surface area is 180 Å². The van der Waals surface area contributed by atoms with Gasteiger partial charge in [0.1, 0.15) is 4.21 Å². The number of piperidine rings is 1. The van der Waals surface area contributed by atoms with E-state index >= 15 is 0 Å². The number of carbonyl (C=O) groups excluding carboxylic acids is 2. The maximum atomic E-state index is 12.8. The van der Waals surface area contributed by atoms with Crippen LogP contribution in [0.15, 0.2) is 46.7 Å². The number of hydrogen-bond acceptors (Lipinski definition) is 5. The van der Waals surface area contributed by atoms with E-state index in [4.69, 9.17) is 0 Å². The van der Waals surface area contributed by atoms with Gasteiger partial charge in [-0.3, -0.25) is 9.59 Å². The first-order valence-corrected chi connectivity index (χ1v) is 12.4. The molecule has 160 valence electrons. The molecule has 9 heteroatoms. The molecule has 7 nitrogen and oxygen atoms in total. The molecule has 2 aromatic rings. The molecule has 1 aromatic carbocycles. The van der Waals surface area contributed by atoms with Crippen LogP contribution >= 0.6 is 11.3 Å². The van der Waals surface area contributed by atoms with Crippen LogP contribution in [0.25, 0.3) is 0 Å². The molecule has 0 spiro atoms. The molecule has 0 radical (unpaired) electrons. The van der Waals surface area contributed by atoms with Crippen molar-refractivity contribution in [1.82, 2.24) is 9.62 Å². The predicted octanol–water partition coefficient (Wildman–Crippen LogP) is 2.59. The monoisotopic (exact) mass is 447 g/mol. The maximum absolute atomic E-state index is 12.8. The minimum atomic E-state index is -3.45. The summed E-state index contributed by atoms with van der Waals surface area (Å²) in [4.78, 5) is 27.3. The molecule has 0 bridgehead atoms. The number of nitrogens with one attached hydrogen (secondary N) is 1. The fraction of sp³-hybridized carbons (Fsp3) is 0.429. The van der Waals surface area contributed by atoms with Crippen molar-refractivity contribution in [3.05, 3.63) is 47.3 Å². The van der Waals surface area contributed by atoms with E-state index in [0.29, 0.717) is 23.8 Å². The minimum absolute atomic E-state index is 0.0626. The number of sulfonamides is 1. The molecule has 1 N–H and O–H groups in total. The number of carbonyl (C=O) groups is 2. The lowest BCUT2D eigenvalue weighted by molar-refractivity contribution is -0.126. The Bertz CT molecular complexity index is 1010. The number of amides is 2. The van der Waals surface area contributed by atoms with Crippen LogP contribution in [0.3, 0.4) is 0 Å². The Morgan fingerprint density at radius 2 is 1.80 bits per heavy atom. The Hall–Kier alpha value is -2.23. The van der Waals surface area contributed by atoms with Gasteiger partial charge in [-0.15, -0.1) is 11.3 Å². The lowest BCUT2D eigenvalue weighted by Gasteiger charge is -2.25. The average molecular weight is 448 g/mol. The van der Waals surface area contributed by atoms with Gasteiger partial charge in [0.15, 0.2) is 0 Å². The first kappa shape index (κ1) is 21.0. The van der Waals surface area contributed by atoms with E-state index in [9.17, 15) is 18.0 Å². The van der Waals surface area contributed by atoms with Crippen LogP contribution in [0.1, 0.15) is 30.6 Å². The van der Waals surface area contributed by atoms with E-state index in [2.05, 4.69) is 5.32 Å². The standard InChI is InChI=1S/C21H25N3O4S2/c25-19-13-16(15-24(19)17-7-3-1-4-8-17)21(26)22-14-18-9-10-20(29-18)30(27,28)23-11-5-2-6-12-23/h1,3-4,7-10,16H,2,5-6,11-15H2,(H,22,26)/t16-/m0/s1. The van der Waals surface area contributed by atoms with Crippen LogP contribution in [0.2, 0.25) is 0 Å². The minimum Gasteiger partial charge on any atom is -0.351 e. The molecule has 2 saturated heterocycles. The van der Waals surface area contributed by atoms with Gasteiger partial charge < -0.3 is 10.2 Å². The zero-order chi connectivity index (χ0) is 21.1. The summed E-state index contributed by atoms with van der Waals surface area (Å²) >= 11 is 1.19. The number of nitrogens with zero attached hydrogens (tertiary/aromatic N) is 2. The summed E-state index contributed by atoms with van der Waals surface area (Å²) in [6.07, 6.45) is 3.04. The molecule has 2 fully saturated rings. The van der Waals surface area contributed by atoms with Crippen molar-refractivity contribution < 1.29 is 18.0 Å². The molecule has 4 rings (SSSR count). The van der Waals surface area contributed by atoms with Crippen molar-refractivity contribution in [3.63, 3.8) is 0 Å². The lowest BCUT2D eigenvalue weighted by atomic mass is 10.1. The number of benzene rings is 1. The fourth-order valence-corrected chi connectivity index (χ4v) is 6.85. The van der Waals surface area contributed by atoms with Crippen LogP contribution in [0.4, 0.5) is 5.69 Å². The van der Waals surface area contributed by atoms with Crippen molar-refractivity contribution >= 4 is 38.9 Å². The van der Waals surface area contributed by atoms with Gasteiger partial charge in [0.2, 0.25) is 11.8 Å². The fourth-order valence-electron chi connectivity index (χ4n) is 3.88. The third-order valence-corrected chi connectivity index (χ3v) is 9.00. The summed E-state index contributed by atoms with van der Waals surface area (Å²) in [5.41, 5.74) is 0.795. The first-order chi connectivity index (χ1) is 14.4. The third kappa shape index (κ3) is 4.43. The largest absolute Gasteiger partial charge is 0.351 e. The molecule has 2 aliphatic heterocycles. The normalized spacial score (nSPS) is 20.5.